The van der Waals surface area contributed by atoms with Crippen LogP contribution in [-0.2, 0) is 0 Å². The molecule has 2 heterocycles. The summed E-state index contributed by atoms with van der Waals surface area (Å²) in [6.45, 7) is 4.20. The lowest BCUT2D eigenvalue weighted by Gasteiger charge is -2.39. The lowest BCUT2D eigenvalue weighted by atomic mass is 9.94. The molecule has 0 saturated heterocycles. The quantitative estimate of drug-likeness (QED) is 0.389. The Kier molecular flexibility index (Phi) is 4.83. The molecule has 0 spiro atoms. The van der Waals surface area contributed by atoms with E-state index in [1.165, 1.54) is 5.56 Å². The van der Waals surface area contributed by atoms with Crippen LogP contribution in [0, 0.1) is 6.92 Å². The number of rotatable bonds is 3. The zero-order chi connectivity index (χ0) is 20.7. The van der Waals surface area contributed by atoms with Crippen LogP contribution in [0.4, 0.5) is 5.69 Å². The first-order valence-corrected chi connectivity index (χ1v) is 11.0. The normalized spacial score (nSPS) is 18.4. The van der Waals surface area contributed by atoms with E-state index in [9.17, 15) is 4.79 Å². The molecule has 3 aromatic carbocycles. The van der Waals surface area contributed by atoms with Gasteiger partial charge in [0.05, 0.1) is 0 Å². The molecule has 5 heteroatoms. The largest absolute Gasteiger partial charge is 0.431 e. The number of oxazole rings is 1. The van der Waals surface area contributed by atoms with Crippen molar-refractivity contribution in [2.45, 2.75) is 36.8 Å². The molecule has 1 amide bonds. The Hall–Kier alpha value is -3.05. The maximum atomic E-state index is 13.3. The Bertz CT molecular complexity index is 1190. The zero-order valence-corrected chi connectivity index (χ0v) is 17.7. The molecule has 4 aromatic rings. The van der Waals surface area contributed by atoms with E-state index in [0.29, 0.717) is 10.8 Å². The molecule has 30 heavy (non-hydrogen) atoms. The first-order chi connectivity index (χ1) is 14.6. The average molecular weight is 415 g/mol. The molecule has 0 aliphatic carbocycles. The summed E-state index contributed by atoms with van der Waals surface area (Å²) in [4.78, 5) is 19.9. The van der Waals surface area contributed by atoms with Gasteiger partial charge in [-0.3, -0.25) is 4.79 Å². The van der Waals surface area contributed by atoms with Gasteiger partial charge in [-0.1, -0.05) is 59.8 Å². The smallest absolute Gasteiger partial charge is 0.258 e. The minimum Gasteiger partial charge on any atom is -0.431 e. The first kappa shape index (κ1) is 18.9. The Balaban J connectivity index is 1.52. The number of fused-ring (bicyclic) bond motifs is 2. The number of hydrogen-bond acceptors (Lipinski definition) is 4. The van der Waals surface area contributed by atoms with Crippen LogP contribution in [0.15, 0.2) is 82.4 Å². The average Bonchev–Trinajstić information content (AvgIpc) is 3.17. The SMILES string of the molecule is Cc1ccc2c(c1)C(Sc1nc3ccccc3o1)CC(C)N2C(=O)c1ccccc1. The topological polar surface area (TPSA) is 46.3 Å². The van der Waals surface area contributed by atoms with Crippen molar-refractivity contribution in [2.75, 3.05) is 4.90 Å². The summed E-state index contributed by atoms with van der Waals surface area (Å²) >= 11 is 1.64. The van der Waals surface area contributed by atoms with Crippen molar-refractivity contribution in [1.29, 1.82) is 0 Å². The van der Waals surface area contributed by atoms with Gasteiger partial charge < -0.3 is 9.32 Å². The number of aromatic nitrogens is 1. The Morgan fingerprint density at radius 2 is 1.83 bits per heavy atom. The van der Waals surface area contributed by atoms with Gasteiger partial charge in [0.25, 0.3) is 11.1 Å². The molecule has 1 aromatic heterocycles. The van der Waals surface area contributed by atoms with Gasteiger partial charge in [0, 0.05) is 22.5 Å². The third-order valence-electron chi connectivity index (χ3n) is 5.54. The summed E-state index contributed by atoms with van der Waals surface area (Å²) < 4.78 is 5.97. The van der Waals surface area contributed by atoms with Crippen LogP contribution in [0.5, 0.6) is 0 Å². The van der Waals surface area contributed by atoms with E-state index >= 15 is 0 Å². The van der Waals surface area contributed by atoms with Crippen LogP contribution >= 0.6 is 11.8 Å². The number of carbonyl (C=O) groups excluding carboxylic acids is 1. The molecule has 1 aliphatic rings. The highest BCUT2D eigenvalue weighted by Crippen LogP contribution is 2.48. The van der Waals surface area contributed by atoms with Crippen LogP contribution in [0.3, 0.4) is 0 Å². The number of hydrogen-bond donors (Lipinski definition) is 0. The molecule has 2 unspecified atom stereocenters. The van der Waals surface area contributed by atoms with Gasteiger partial charge in [0.15, 0.2) is 5.58 Å². The Morgan fingerprint density at radius 1 is 1.07 bits per heavy atom. The number of nitrogens with zero attached hydrogens (tertiary/aromatic N) is 2. The van der Waals surface area contributed by atoms with Gasteiger partial charge in [-0.25, -0.2) is 4.98 Å². The van der Waals surface area contributed by atoms with E-state index in [1.807, 2.05) is 59.5 Å². The van der Waals surface area contributed by atoms with Crippen LogP contribution < -0.4 is 4.90 Å². The predicted octanol–water partition coefficient (Wildman–Crippen LogP) is 6.41. The lowest BCUT2D eigenvalue weighted by molar-refractivity contribution is 0.0975. The van der Waals surface area contributed by atoms with Crippen molar-refractivity contribution < 1.29 is 9.21 Å². The number of amides is 1. The van der Waals surface area contributed by atoms with Gasteiger partial charge in [0.2, 0.25) is 0 Å². The number of carbonyl (C=O) groups is 1. The fourth-order valence-electron chi connectivity index (χ4n) is 4.09. The maximum absolute atomic E-state index is 13.3. The summed E-state index contributed by atoms with van der Waals surface area (Å²) in [5.41, 5.74) is 5.69. The summed E-state index contributed by atoms with van der Waals surface area (Å²) in [5.74, 6) is 0.0403. The van der Waals surface area contributed by atoms with Crippen molar-refractivity contribution in [1.82, 2.24) is 4.98 Å². The minimum absolute atomic E-state index is 0.0403. The number of anilines is 1. The highest BCUT2D eigenvalue weighted by molar-refractivity contribution is 7.99. The van der Waals surface area contributed by atoms with E-state index in [0.717, 1.165) is 28.8 Å². The minimum atomic E-state index is 0.0403. The fraction of sp³-hybridized carbons (Fsp3) is 0.200. The number of para-hydroxylation sites is 2. The first-order valence-electron chi connectivity index (χ1n) is 10.1. The predicted molar refractivity (Wildman–Crippen MR) is 121 cm³/mol. The van der Waals surface area contributed by atoms with Gasteiger partial charge in [-0.2, -0.15) is 0 Å². The standard InChI is InChI=1S/C25H22N2O2S/c1-16-12-13-21-19(14-16)23(30-25-26-20-10-6-7-11-22(20)29-25)15-17(2)27(21)24(28)18-8-4-3-5-9-18/h3-14,17,23H,15H2,1-2H3. The van der Waals surface area contributed by atoms with Crippen molar-refractivity contribution in [2.24, 2.45) is 0 Å². The molecule has 0 bridgehead atoms. The molecule has 0 saturated carbocycles. The second-order valence-electron chi connectivity index (χ2n) is 7.74. The van der Waals surface area contributed by atoms with Crippen LogP contribution in [-0.4, -0.2) is 16.9 Å². The number of aryl methyl sites for hydroxylation is 1. The van der Waals surface area contributed by atoms with E-state index in [1.54, 1.807) is 11.8 Å². The Labute approximate surface area is 179 Å². The van der Waals surface area contributed by atoms with E-state index < -0.39 is 0 Å². The molecule has 0 radical (unpaired) electrons. The molecular weight excluding hydrogens is 392 g/mol. The van der Waals surface area contributed by atoms with Gasteiger partial charge >= 0.3 is 0 Å². The third-order valence-corrected chi connectivity index (χ3v) is 6.65. The zero-order valence-electron chi connectivity index (χ0n) is 16.9. The summed E-state index contributed by atoms with van der Waals surface area (Å²) in [7, 11) is 0. The number of benzene rings is 3. The molecule has 0 N–H and O–H groups in total. The highest BCUT2D eigenvalue weighted by atomic mass is 32.2. The second kappa shape index (κ2) is 7.65. The molecule has 4 nitrogen and oxygen atoms in total. The molecule has 150 valence electrons. The fourth-order valence-corrected chi connectivity index (χ4v) is 5.32. The van der Waals surface area contributed by atoms with Crippen LogP contribution in [0.25, 0.3) is 11.1 Å². The van der Waals surface area contributed by atoms with Gasteiger partial charge in [-0.15, -0.1) is 0 Å². The maximum Gasteiger partial charge on any atom is 0.258 e. The van der Waals surface area contributed by atoms with Crippen molar-refractivity contribution in [3.8, 4) is 0 Å². The van der Waals surface area contributed by atoms with Gasteiger partial charge in [0.1, 0.15) is 5.52 Å². The summed E-state index contributed by atoms with van der Waals surface area (Å²) in [5, 5.41) is 0.839. The van der Waals surface area contributed by atoms with Crippen molar-refractivity contribution >= 4 is 34.5 Å². The lowest BCUT2D eigenvalue weighted by Crippen LogP contribution is -2.43. The van der Waals surface area contributed by atoms with Crippen molar-refractivity contribution in [3.05, 3.63) is 89.5 Å². The molecule has 0 fully saturated rings. The molecule has 5 rings (SSSR count). The third kappa shape index (κ3) is 3.39. The van der Waals surface area contributed by atoms with Crippen LogP contribution in [0.2, 0.25) is 0 Å². The summed E-state index contributed by atoms with van der Waals surface area (Å²) in [6, 6.07) is 23.7. The van der Waals surface area contributed by atoms with E-state index in [2.05, 4.69) is 37.0 Å². The molecule has 2 atom stereocenters. The summed E-state index contributed by atoms with van der Waals surface area (Å²) in [6.07, 6.45) is 0.832. The van der Waals surface area contributed by atoms with E-state index in [4.69, 9.17) is 4.42 Å². The van der Waals surface area contributed by atoms with Gasteiger partial charge in [-0.05, 0) is 56.2 Å². The second-order valence-corrected chi connectivity index (χ2v) is 8.90. The number of thioether (sulfide) groups is 1. The monoisotopic (exact) mass is 414 g/mol. The van der Waals surface area contributed by atoms with E-state index in [-0.39, 0.29) is 17.2 Å². The van der Waals surface area contributed by atoms with Crippen LogP contribution in [0.1, 0.15) is 40.1 Å². The van der Waals surface area contributed by atoms with Crippen molar-refractivity contribution in [3.63, 3.8) is 0 Å². The molecule has 1 aliphatic heterocycles. The highest BCUT2D eigenvalue weighted by Gasteiger charge is 2.35. The molecular formula is C25H22N2O2S. The Morgan fingerprint density at radius 3 is 2.63 bits per heavy atom.